The molecule has 0 amide bonds. The second-order valence-electron chi connectivity index (χ2n) is 4.13. The van der Waals surface area contributed by atoms with Crippen LogP contribution in [0.3, 0.4) is 0 Å². The van der Waals surface area contributed by atoms with Gasteiger partial charge in [-0.1, -0.05) is 0 Å². The molecule has 0 aromatic carbocycles. The molecule has 0 saturated carbocycles. The third-order valence-electron chi connectivity index (χ3n) is 3.01. The summed E-state index contributed by atoms with van der Waals surface area (Å²) in [5.41, 5.74) is -1.15. The van der Waals surface area contributed by atoms with Gasteiger partial charge in [-0.2, -0.15) is 0 Å². The zero-order chi connectivity index (χ0) is 13.4. The molecule has 0 unspecified atom stereocenters. The molecule has 0 radical (unpaired) electrons. The van der Waals surface area contributed by atoms with Gasteiger partial charge < -0.3 is 20.1 Å². The quantitative estimate of drug-likeness (QED) is 0.526. The fourth-order valence-corrected chi connectivity index (χ4v) is 1.89. The molecule has 4 atom stereocenters. The van der Waals surface area contributed by atoms with Crippen LogP contribution in [0.1, 0.15) is 6.23 Å². The van der Waals surface area contributed by atoms with E-state index in [1.807, 2.05) is 0 Å². The van der Waals surface area contributed by atoms with Crippen LogP contribution in [0.4, 0.5) is 0 Å². The molecule has 2 heterocycles. The number of hydrogen-bond donors (Lipinski definition) is 3. The smallest absolute Gasteiger partial charge is 0.332 e. The Balaban J connectivity index is 2.42. The first-order valence-corrected chi connectivity index (χ1v) is 5.38. The molecule has 18 heavy (non-hydrogen) atoms. The Labute approximate surface area is 101 Å². The Hall–Kier alpha value is -1.48. The average molecular weight is 258 g/mol. The van der Waals surface area contributed by atoms with E-state index in [2.05, 4.69) is 0 Å². The second kappa shape index (κ2) is 4.65. The third-order valence-corrected chi connectivity index (χ3v) is 3.01. The van der Waals surface area contributed by atoms with E-state index in [0.717, 1.165) is 15.2 Å². The van der Waals surface area contributed by atoms with Crippen molar-refractivity contribution in [3.8, 4) is 0 Å². The second-order valence-corrected chi connectivity index (χ2v) is 4.13. The first-order valence-electron chi connectivity index (χ1n) is 5.38. The van der Waals surface area contributed by atoms with Crippen LogP contribution in [0.5, 0.6) is 0 Å². The Kier molecular flexibility index (Phi) is 3.35. The first kappa shape index (κ1) is 13.0. The highest BCUT2D eigenvalue weighted by Gasteiger charge is 2.43. The monoisotopic (exact) mass is 258 g/mol. The van der Waals surface area contributed by atoms with Crippen molar-refractivity contribution in [1.29, 1.82) is 0 Å². The van der Waals surface area contributed by atoms with Gasteiger partial charge in [0.25, 0.3) is 5.56 Å². The Morgan fingerprint density at radius 1 is 1.33 bits per heavy atom. The van der Waals surface area contributed by atoms with Gasteiger partial charge in [-0.05, 0) is 0 Å². The van der Waals surface area contributed by atoms with Crippen LogP contribution in [0, 0.1) is 0 Å². The minimum absolute atomic E-state index is 0.477. The van der Waals surface area contributed by atoms with Crippen LogP contribution < -0.4 is 11.2 Å². The highest BCUT2D eigenvalue weighted by atomic mass is 16.6. The predicted octanol–water partition coefficient (Wildman–Crippen LogP) is -2.84. The average Bonchev–Trinajstić information content (AvgIpc) is 2.64. The van der Waals surface area contributed by atoms with Gasteiger partial charge in [0.1, 0.15) is 18.3 Å². The zero-order valence-electron chi connectivity index (χ0n) is 9.63. The van der Waals surface area contributed by atoms with E-state index in [4.69, 9.17) is 9.84 Å². The van der Waals surface area contributed by atoms with E-state index in [1.165, 1.54) is 13.2 Å². The van der Waals surface area contributed by atoms with Crippen LogP contribution in [0.2, 0.25) is 0 Å². The first-order chi connectivity index (χ1) is 8.47. The molecule has 0 bridgehead atoms. The van der Waals surface area contributed by atoms with Gasteiger partial charge >= 0.3 is 5.69 Å². The van der Waals surface area contributed by atoms with Crippen molar-refractivity contribution < 1.29 is 20.1 Å². The third kappa shape index (κ3) is 1.89. The van der Waals surface area contributed by atoms with Crippen LogP contribution in [-0.2, 0) is 11.8 Å². The summed E-state index contributed by atoms with van der Waals surface area (Å²) in [7, 11) is 1.29. The van der Waals surface area contributed by atoms with E-state index < -0.39 is 42.4 Å². The van der Waals surface area contributed by atoms with Crippen molar-refractivity contribution in [2.24, 2.45) is 7.05 Å². The summed E-state index contributed by atoms with van der Waals surface area (Å²) in [6.07, 6.45) is -3.54. The summed E-state index contributed by atoms with van der Waals surface area (Å²) in [6, 6.07) is 1.15. The molecule has 0 aliphatic carbocycles. The summed E-state index contributed by atoms with van der Waals surface area (Å²) in [6.45, 7) is -0.477. The normalized spacial score (nSPS) is 31.8. The Morgan fingerprint density at radius 3 is 2.56 bits per heavy atom. The number of aliphatic hydroxyl groups is 3. The van der Waals surface area contributed by atoms with Crippen molar-refractivity contribution in [3.05, 3.63) is 33.1 Å². The molecular formula is C10H14N2O6. The lowest BCUT2D eigenvalue weighted by Gasteiger charge is -2.17. The van der Waals surface area contributed by atoms with E-state index in [0.29, 0.717) is 0 Å². The lowest BCUT2D eigenvalue weighted by molar-refractivity contribution is -0.0555. The number of hydrogen-bond acceptors (Lipinski definition) is 6. The molecule has 0 spiro atoms. The number of rotatable bonds is 2. The molecule has 1 aliphatic rings. The van der Waals surface area contributed by atoms with E-state index in [9.17, 15) is 19.8 Å². The minimum atomic E-state index is -1.35. The van der Waals surface area contributed by atoms with Gasteiger partial charge in [0, 0.05) is 19.3 Å². The van der Waals surface area contributed by atoms with Crippen molar-refractivity contribution in [3.63, 3.8) is 0 Å². The van der Waals surface area contributed by atoms with Gasteiger partial charge in [-0.25, -0.2) is 4.79 Å². The Bertz CT molecular complexity index is 550. The molecule has 8 nitrogen and oxygen atoms in total. The minimum Gasteiger partial charge on any atom is -0.394 e. The maximum absolute atomic E-state index is 11.8. The summed E-state index contributed by atoms with van der Waals surface area (Å²) < 4.78 is 7.06. The fraction of sp³-hybridized carbons (Fsp3) is 0.600. The summed E-state index contributed by atoms with van der Waals surface area (Å²) in [5.74, 6) is 0. The van der Waals surface area contributed by atoms with Crippen molar-refractivity contribution in [1.82, 2.24) is 9.13 Å². The summed E-state index contributed by atoms with van der Waals surface area (Å²) in [4.78, 5) is 23.0. The number of nitrogens with zero attached hydrogens (tertiary/aromatic N) is 2. The molecule has 3 N–H and O–H groups in total. The molecule has 8 heteroatoms. The van der Waals surface area contributed by atoms with Gasteiger partial charge in [-0.3, -0.25) is 13.9 Å². The van der Waals surface area contributed by atoms with E-state index >= 15 is 0 Å². The highest BCUT2D eigenvalue weighted by molar-refractivity contribution is 4.93. The van der Waals surface area contributed by atoms with Crippen molar-refractivity contribution in [2.75, 3.05) is 6.61 Å². The zero-order valence-corrected chi connectivity index (χ0v) is 9.63. The SMILES string of the molecule is Cn1c(=O)ccn([C@H]2O[C@@H](CO)[C@@H](O)[C@H]2O)c1=O. The standard InChI is InChI=1S/C10H14N2O6/c1-11-6(14)2-3-12(10(11)17)9-8(16)7(15)5(4-13)18-9/h2-3,5,7-9,13,15-16H,4H2,1H3/t5-,7+,8+,9-/m0/s1. The molecule has 1 aromatic rings. The number of aliphatic hydroxyl groups excluding tert-OH is 3. The highest BCUT2D eigenvalue weighted by Crippen LogP contribution is 2.27. The van der Waals surface area contributed by atoms with E-state index in [1.54, 1.807) is 0 Å². The van der Waals surface area contributed by atoms with E-state index in [-0.39, 0.29) is 0 Å². The van der Waals surface area contributed by atoms with Crippen molar-refractivity contribution in [2.45, 2.75) is 24.5 Å². The molecule has 1 saturated heterocycles. The maximum atomic E-state index is 11.8. The largest absolute Gasteiger partial charge is 0.394 e. The molecule has 1 fully saturated rings. The van der Waals surface area contributed by atoms with Gasteiger partial charge in [0.15, 0.2) is 6.23 Å². The van der Waals surface area contributed by atoms with Crippen LogP contribution in [0.15, 0.2) is 21.9 Å². The molecule has 1 aliphatic heterocycles. The van der Waals surface area contributed by atoms with Gasteiger partial charge in [-0.15, -0.1) is 0 Å². The Morgan fingerprint density at radius 2 is 2.00 bits per heavy atom. The topological polar surface area (TPSA) is 114 Å². The lowest BCUT2D eigenvalue weighted by atomic mass is 10.1. The van der Waals surface area contributed by atoms with Crippen LogP contribution in [0.25, 0.3) is 0 Å². The molecule has 2 rings (SSSR count). The molecule has 100 valence electrons. The summed E-state index contributed by atoms with van der Waals surface area (Å²) >= 11 is 0. The number of ether oxygens (including phenoxy) is 1. The molecule has 1 aromatic heterocycles. The van der Waals surface area contributed by atoms with Crippen LogP contribution in [-0.4, -0.2) is 49.4 Å². The number of aromatic nitrogens is 2. The predicted molar refractivity (Wildman–Crippen MR) is 59.0 cm³/mol. The van der Waals surface area contributed by atoms with Gasteiger partial charge in [0.2, 0.25) is 0 Å². The van der Waals surface area contributed by atoms with Crippen molar-refractivity contribution >= 4 is 0 Å². The summed E-state index contributed by atoms with van der Waals surface area (Å²) in [5, 5.41) is 28.3. The fourth-order valence-electron chi connectivity index (χ4n) is 1.89. The van der Waals surface area contributed by atoms with Gasteiger partial charge in [0.05, 0.1) is 6.61 Å². The maximum Gasteiger partial charge on any atom is 0.332 e. The molecular weight excluding hydrogens is 244 g/mol. The van der Waals surface area contributed by atoms with Crippen LogP contribution >= 0.6 is 0 Å². The lowest BCUT2D eigenvalue weighted by Crippen LogP contribution is -2.41.